The van der Waals surface area contributed by atoms with Crippen LogP contribution in [0.1, 0.15) is 29.5 Å². The number of rotatable bonds is 5. The van der Waals surface area contributed by atoms with E-state index in [4.69, 9.17) is 0 Å². The molecule has 0 saturated carbocycles. The Morgan fingerprint density at radius 3 is 2.52 bits per heavy atom. The largest absolute Gasteiger partial charge is 0.325 e. The van der Waals surface area contributed by atoms with E-state index < -0.39 is 0 Å². The Morgan fingerprint density at radius 1 is 1.08 bits per heavy atom. The Labute approximate surface area is 151 Å². The number of likely N-dealkylation sites (tertiary alicyclic amines) is 1. The average molecular weight is 336 g/mol. The first-order chi connectivity index (χ1) is 12.1. The van der Waals surface area contributed by atoms with Crippen LogP contribution >= 0.6 is 0 Å². The zero-order chi connectivity index (χ0) is 17.6. The molecule has 2 aromatic carbocycles. The van der Waals surface area contributed by atoms with Crippen molar-refractivity contribution in [2.24, 2.45) is 5.92 Å². The fourth-order valence-electron chi connectivity index (χ4n) is 3.56. The lowest BCUT2D eigenvalue weighted by Crippen LogP contribution is -2.39. The van der Waals surface area contributed by atoms with Crippen LogP contribution in [-0.2, 0) is 11.2 Å². The normalized spacial score (nSPS) is 15.9. The summed E-state index contributed by atoms with van der Waals surface area (Å²) in [6, 6.07) is 16.9. The van der Waals surface area contributed by atoms with Crippen LogP contribution < -0.4 is 5.32 Å². The maximum absolute atomic E-state index is 12.4. The first-order valence-corrected chi connectivity index (χ1v) is 9.23. The van der Waals surface area contributed by atoms with E-state index in [1.165, 1.54) is 24.0 Å². The zero-order valence-electron chi connectivity index (χ0n) is 15.3. The quantitative estimate of drug-likeness (QED) is 0.887. The van der Waals surface area contributed by atoms with Crippen molar-refractivity contribution >= 4 is 11.6 Å². The zero-order valence-corrected chi connectivity index (χ0v) is 15.3. The van der Waals surface area contributed by atoms with Gasteiger partial charge in [-0.25, -0.2) is 0 Å². The highest BCUT2D eigenvalue weighted by molar-refractivity contribution is 5.93. The lowest BCUT2D eigenvalue weighted by atomic mass is 9.90. The van der Waals surface area contributed by atoms with Gasteiger partial charge in [0.1, 0.15) is 0 Å². The Hall–Kier alpha value is -2.13. The van der Waals surface area contributed by atoms with E-state index in [9.17, 15) is 4.79 Å². The number of nitrogens with zero attached hydrogens (tertiary/aromatic N) is 1. The molecule has 25 heavy (non-hydrogen) atoms. The predicted octanol–water partition coefficient (Wildman–Crippen LogP) is 4.20. The second-order valence-corrected chi connectivity index (χ2v) is 7.28. The monoisotopic (exact) mass is 336 g/mol. The van der Waals surface area contributed by atoms with E-state index in [-0.39, 0.29) is 5.91 Å². The summed E-state index contributed by atoms with van der Waals surface area (Å²) in [7, 11) is 0. The van der Waals surface area contributed by atoms with Crippen molar-refractivity contribution in [3.8, 4) is 0 Å². The molecule has 0 bridgehead atoms. The fourth-order valence-corrected chi connectivity index (χ4v) is 3.56. The number of amides is 1. The number of aryl methyl sites for hydroxylation is 2. The molecule has 3 nitrogen and oxygen atoms in total. The molecule has 1 saturated heterocycles. The van der Waals surface area contributed by atoms with Crippen molar-refractivity contribution in [1.29, 1.82) is 0 Å². The van der Waals surface area contributed by atoms with Gasteiger partial charge in [0.25, 0.3) is 0 Å². The summed E-state index contributed by atoms with van der Waals surface area (Å²) in [5, 5.41) is 3.07. The minimum absolute atomic E-state index is 0.0928. The van der Waals surface area contributed by atoms with Gasteiger partial charge in [-0.2, -0.15) is 0 Å². The van der Waals surface area contributed by atoms with Crippen molar-refractivity contribution in [1.82, 2.24) is 4.90 Å². The lowest BCUT2D eigenvalue weighted by molar-refractivity contribution is -0.117. The molecule has 0 aromatic heterocycles. The number of hydrogen-bond donors (Lipinski definition) is 1. The number of hydrogen-bond acceptors (Lipinski definition) is 2. The van der Waals surface area contributed by atoms with Crippen molar-refractivity contribution in [2.45, 2.75) is 33.1 Å². The van der Waals surface area contributed by atoms with Gasteiger partial charge >= 0.3 is 0 Å². The van der Waals surface area contributed by atoms with E-state index >= 15 is 0 Å². The minimum Gasteiger partial charge on any atom is -0.325 e. The van der Waals surface area contributed by atoms with Gasteiger partial charge in [-0.15, -0.1) is 0 Å². The summed E-state index contributed by atoms with van der Waals surface area (Å²) >= 11 is 0. The molecule has 1 aliphatic rings. The Bertz CT molecular complexity index is 703. The van der Waals surface area contributed by atoms with E-state index in [0.29, 0.717) is 6.54 Å². The van der Waals surface area contributed by atoms with Gasteiger partial charge in [0.05, 0.1) is 6.54 Å². The number of benzene rings is 2. The Balaban J connectivity index is 1.45. The van der Waals surface area contributed by atoms with Crippen molar-refractivity contribution < 1.29 is 4.79 Å². The second-order valence-electron chi connectivity index (χ2n) is 7.28. The minimum atomic E-state index is 0.0928. The van der Waals surface area contributed by atoms with E-state index in [1.807, 2.05) is 19.9 Å². The van der Waals surface area contributed by atoms with Gasteiger partial charge in [0, 0.05) is 5.69 Å². The highest BCUT2D eigenvalue weighted by Crippen LogP contribution is 2.22. The summed E-state index contributed by atoms with van der Waals surface area (Å²) < 4.78 is 0. The molecular formula is C22H28N2O. The molecule has 0 spiro atoms. The van der Waals surface area contributed by atoms with Gasteiger partial charge in [-0.1, -0.05) is 42.5 Å². The van der Waals surface area contributed by atoms with Crippen LogP contribution in [0.2, 0.25) is 0 Å². The second kappa shape index (κ2) is 8.30. The average Bonchev–Trinajstić information content (AvgIpc) is 2.61. The first kappa shape index (κ1) is 17.7. The van der Waals surface area contributed by atoms with Crippen molar-refractivity contribution in [3.63, 3.8) is 0 Å². The van der Waals surface area contributed by atoms with Gasteiger partial charge in [0.15, 0.2) is 0 Å². The van der Waals surface area contributed by atoms with Crippen LogP contribution in [0.3, 0.4) is 0 Å². The molecule has 2 aromatic rings. The maximum Gasteiger partial charge on any atom is 0.238 e. The van der Waals surface area contributed by atoms with Crippen molar-refractivity contribution in [3.05, 3.63) is 65.2 Å². The highest BCUT2D eigenvalue weighted by Gasteiger charge is 2.21. The molecule has 1 aliphatic heterocycles. The number of carbonyl (C=O) groups excluding carboxylic acids is 1. The smallest absolute Gasteiger partial charge is 0.238 e. The molecule has 1 heterocycles. The number of carbonyl (C=O) groups is 1. The fraction of sp³-hybridized carbons (Fsp3) is 0.409. The number of anilines is 1. The molecule has 0 atom stereocenters. The predicted molar refractivity (Wildman–Crippen MR) is 104 cm³/mol. The van der Waals surface area contributed by atoms with Gasteiger partial charge in [-0.05, 0) is 74.9 Å². The van der Waals surface area contributed by atoms with E-state index in [2.05, 4.69) is 52.7 Å². The van der Waals surface area contributed by atoms with Crippen molar-refractivity contribution in [2.75, 3.05) is 25.0 Å². The summed E-state index contributed by atoms with van der Waals surface area (Å²) in [5.74, 6) is 0.830. The van der Waals surface area contributed by atoms with Crippen LogP contribution in [0, 0.1) is 19.8 Å². The SMILES string of the molecule is Cc1ccc(C)c(NC(=O)CN2CCC(Cc3ccccc3)CC2)c1. The molecule has 0 aliphatic carbocycles. The van der Waals surface area contributed by atoms with Crippen LogP contribution in [0.25, 0.3) is 0 Å². The summed E-state index contributed by atoms with van der Waals surface area (Å²) in [5.41, 5.74) is 4.64. The topological polar surface area (TPSA) is 32.3 Å². The third-order valence-electron chi connectivity index (χ3n) is 5.11. The number of nitrogens with one attached hydrogen (secondary N) is 1. The third kappa shape index (κ3) is 5.17. The molecular weight excluding hydrogens is 308 g/mol. The van der Waals surface area contributed by atoms with Gasteiger partial charge in [0.2, 0.25) is 5.91 Å². The first-order valence-electron chi connectivity index (χ1n) is 9.23. The molecule has 3 heteroatoms. The summed E-state index contributed by atoms with van der Waals surface area (Å²) in [6.45, 7) is 6.59. The van der Waals surface area contributed by atoms with Gasteiger partial charge < -0.3 is 5.32 Å². The molecule has 0 radical (unpaired) electrons. The highest BCUT2D eigenvalue weighted by atomic mass is 16.2. The maximum atomic E-state index is 12.4. The molecule has 1 amide bonds. The van der Waals surface area contributed by atoms with Crippen LogP contribution in [0.15, 0.2) is 48.5 Å². The molecule has 1 N–H and O–H groups in total. The van der Waals surface area contributed by atoms with Crippen LogP contribution in [-0.4, -0.2) is 30.4 Å². The summed E-state index contributed by atoms with van der Waals surface area (Å²) in [4.78, 5) is 14.6. The Kier molecular flexibility index (Phi) is 5.87. The summed E-state index contributed by atoms with van der Waals surface area (Å²) in [6.07, 6.45) is 3.50. The van der Waals surface area contributed by atoms with E-state index in [0.717, 1.165) is 36.7 Å². The van der Waals surface area contributed by atoms with E-state index in [1.54, 1.807) is 0 Å². The van der Waals surface area contributed by atoms with Crippen LogP contribution in [0.5, 0.6) is 0 Å². The molecule has 3 rings (SSSR count). The molecule has 1 fully saturated rings. The third-order valence-corrected chi connectivity index (χ3v) is 5.11. The number of piperidine rings is 1. The standard InChI is InChI=1S/C22H28N2O/c1-17-8-9-18(2)21(14-17)23-22(25)16-24-12-10-20(11-13-24)15-19-6-4-3-5-7-19/h3-9,14,20H,10-13,15-16H2,1-2H3,(H,23,25). The lowest BCUT2D eigenvalue weighted by Gasteiger charge is -2.31. The molecule has 132 valence electrons. The van der Waals surface area contributed by atoms with Gasteiger partial charge in [-0.3, -0.25) is 9.69 Å². The molecule has 0 unspecified atom stereocenters. The van der Waals surface area contributed by atoms with Crippen LogP contribution in [0.4, 0.5) is 5.69 Å². The Morgan fingerprint density at radius 2 is 1.80 bits per heavy atom.